The average molecular weight is 266 g/mol. The Bertz CT molecular complexity index is 286. The van der Waals surface area contributed by atoms with Gasteiger partial charge in [0, 0.05) is 19.0 Å². The summed E-state index contributed by atoms with van der Waals surface area (Å²) in [5, 5.41) is 0. The van der Waals surface area contributed by atoms with Crippen LogP contribution in [0.1, 0.15) is 58.3 Å². The van der Waals surface area contributed by atoms with Crippen molar-refractivity contribution in [1.82, 2.24) is 4.90 Å². The van der Waals surface area contributed by atoms with Gasteiger partial charge in [-0.1, -0.05) is 39.0 Å². The molecule has 0 bridgehead atoms. The minimum Gasteiger partial charge on any atom is -0.342 e. The maximum Gasteiger partial charge on any atom is 0.225 e. The molecule has 1 saturated heterocycles. The van der Waals surface area contributed by atoms with Gasteiger partial charge < -0.3 is 10.6 Å². The molecule has 1 aliphatic carbocycles. The van der Waals surface area contributed by atoms with Crippen molar-refractivity contribution in [1.29, 1.82) is 0 Å². The van der Waals surface area contributed by atoms with Gasteiger partial charge in [0.05, 0.1) is 0 Å². The van der Waals surface area contributed by atoms with Gasteiger partial charge in [-0.2, -0.15) is 0 Å². The van der Waals surface area contributed by atoms with Gasteiger partial charge in [-0.05, 0) is 37.6 Å². The van der Waals surface area contributed by atoms with Crippen LogP contribution in [0.15, 0.2) is 0 Å². The van der Waals surface area contributed by atoms with E-state index in [0.717, 1.165) is 51.2 Å². The maximum atomic E-state index is 12.7. The predicted octanol–water partition coefficient (Wildman–Crippen LogP) is 2.79. The molecule has 0 aromatic carbocycles. The van der Waals surface area contributed by atoms with E-state index in [4.69, 9.17) is 5.73 Å². The number of carbonyl (C=O) groups excluding carboxylic acids is 1. The molecule has 1 heterocycles. The predicted molar refractivity (Wildman–Crippen MR) is 78.7 cm³/mol. The third-order valence-electron chi connectivity index (χ3n) is 5.01. The number of amides is 1. The lowest BCUT2D eigenvalue weighted by molar-refractivity contribution is -0.135. The molecule has 0 aromatic heterocycles. The van der Waals surface area contributed by atoms with Crippen LogP contribution in [0.25, 0.3) is 0 Å². The summed E-state index contributed by atoms with van der Waals surface area (Å²) in [6.07, 6.45) is 9.86. The lowest BCUT2D eigenvalue weighted by Gasteiger charge is -2.25. The van der Waals surface area contributed by atoms with Crippen molar-refractivity contribution in [3.05, 3.63) is 0 Å². The van der Waals surface area contributed by atoms with E-state index in [9.17, 15) is 4.79 Å². The van der Waals surface area contributed by atoms with Gasteiger partial charge >= 0.3 is 0 Å². The van der Waals surface area contributed by atoms with Crippen molar-refractivity contribution in [3.8, 4) is 0 Å². The van der Waals surface area contributed by atoms with Crippen LogP contribution in [0.2, 0.25) is 0 Å². The number of carbonyl (C=O) groups is 1. The lowest BCUT2D eigenvalue weighted by Crippen LogP contribution is -2.35. The number of nitrogens with zero attached hydrogens (tertiary/aromatic N) is 1. The summed E-state index contributed by atoms with van der Waals surface area (Å²) in [4.78, 5) is 14.8. The Morgan fingerprint density at radius 2 is 2.00 bits per heavy atom. The van der Waals surface area contributed by atoms with Crippen molar-refractivity contribution in [2.24, 2.45) is 23.5 Å². The van der Waals surface area contributed by atoms with Crippen LogP contribution < -0.4 is 5.73 Å². The number of nitrogens with two attached hydrogens (primary N) is 1. The summed E-state index contributed by atoms with van der Waals surface area (Å²) >= 11 is 0. The molecule has 2 atom stereocenters. The van der Waals surface area contributed by atoms with Gasteiger partial charge in [-0.15, -0.1) is 0 Å². The highest BCUT2D eigenvalue weighted by atomic mass is 16.2. The zero-order chi connectivity index (χ0) is 13.7. The first-order chi connectivity index (χ1) is 9.24. The van der Waals surface area contributed by atoms with E-state index in [1.165, 1.54) is 25.7 Å². The number of rotatable bonds is 6. The zero-order valence-electron chi connectivity index (χ0n) is 12.4. The second-order valence-electron chi connectivity index (χ2n) is 6.55. The minimum atomic E-state index is 0.282. The minimum absolute atomic E-state index is 0.282. The first-order valence-corrected chi connectivity index (χ1v) is 8.23. The fourth-order valence-electron chi connectivity index (χ4n) is 3.82. The summed E-state index contributed by atoms with van der Waals surface area (Å²) in [6.45, 7) is 4.76. The molecule has 3 heteroatoms. The standard InChI is InChI=1S/C16H30N2O/c1-2-5-15(10-13-6-3-4-7-13)16(19)18-9-8-14(11-17)12-18/h13-15H,2-12,17H2,1H3. The molecule has 2 fully saturated rings. The summed E-state index contributed by atoms with van der Waals surface area (Å²) in [5.41, 5.74) is 5.73. The van der Waals surface area contributed by atoms with Gasteiger partial charge in [0.2, 0.25) is 5.91 Å². The molecule has 1 saturated carbocycles. The molecule has 2 aliphatic rings. The molecule has 110 valence electrons. The lowest BCUT2D eigenvalue weighted by atomic mass is 9.89. The Hall–Kier alpha value is -0.570. The molecule has 1 amide bonds. The Morgan fingerprint density at radius 1 is 1.26 bits per heavy atom. The number of likely N-dealkylation sites (tertiary alicyclic amines) is 1. The highest BCUT2D eigenvalue weighted by Gasteiger charge is 2.31. The van der Waals surface area contributed by atoms with E-state index in [2.05, 4.69) is 11.8 Å². The molecule has 1 aliphatic heterocycles. The second-order valence-corrected chi connectivity index (χ2v) is 6.55. The van der Waals surface area contributed by atoms with Crippen LogP contribution >= 0.6 is 0 Å². The van der Waals surface area contributed by atoms with E-state index in [0.29, 0.717) is 11.8 Å². The molecule has 2 rings (SSSR count). The summed E-state index contributed by atoms with van der Waals surface area (Å²) in [7, 11) is 0. The van der Waals surface area contributed by atoms with Crippen LogP contribution in [-0.2, 0) is 4.79 Å². The molecule has 19 heavy (non-hydrogen) atoms. The van der Waals surface area contributed by atoms with Gasteiger partial charge in [0.1, 0.15) is 0 Å². The Labute approximate surface area is 117 Å². The molecule has 0 aromatic rings. The zero-order valence-corrected chi connectivity index (χ0v) is 12.4. The Morgan fingerprint density at radius 3 is 2.58 bits per heavy atom. The second kappa shape index (κ2) is 7.28. The SMILES string of the molecule is CCCC(CC1CCCC1)C(=O)N1CCC(CN)C1. The van der Waals surface area contributed by atoms with E-state index in [1.54, 1.807) is 0 Å². The average Bonchev–Trinajstić information content (AvgIpc) is 3.08. The van der Waals surface area contributed by atoms with Gasteiger partial charge in [0.25, 0.3) is 0 Å². The smallest absolute Gasteiger partial charge is 0.225 e. The van der Waals surface area contributed by atoms with E-state index in [1.807, 2.05) is 0 Å². The van der Waals surface area contributed by atoms with Crippen LogP contribution in [-0.4, -0.2) is 30.4 Å². The molecule has 0 radical (unpaired) electrons. The normalized spacial score (nSPS) is 26.0. The van der Waals surface area contributed by atoms with Crippen LogP contribution in [0, 0.1) is 17.8 Å². The summed E-state index contributed by atoms with van der Waals surface area (Å²) < 4.78 is 0. The largest absolute Gasteiger partial charge is 0.342 e. The van der Waals surface area contributed by atoms with Crippen molar-refractivity contribution >= 4 is 5.91 Å². The molecule has 2 N–H and O–H groups in total. The summed E-state index contributed by atoms with van der Waals surface area (Å²) in [6, 6.07) is 0. The van der Waals surface area contributed by atoms with Gasteiger partial charge in [0.15, 0.2) is 0 Å². The Kier molecular flexibility index (Phi) is 5.68. The third kappa shape index (κ3) is 3.95. The van der Waals surface area contributed by atoms with Crippen molar-refractivity contribution in [2.75, 3.05) is 19.6 Å². The highest BCUT2D eigenvalue weighted by molar-refractivity contribution is 5.79. The fourth-order valence-corrected chi connectivity index (χ4v) is 3.82. The monoisotopic (exact) mass is 266 g/mol. The van der Waals surface area contributed by atoms with Crippen molar-refractivity contribution < 1.29 is 4.79 Å². The van der Waals surface area contributed by atoms with Gasteiger partial charge in [-0.25, -0.2) is 0 Å². The van der Waals surface area contributed by atoms with Crippen LogP contribution in [0.5, 0.6) is 0 Å². The van der Waals surface area contributed by atoms with Crippen molar-refractivity contribution in [3.63, 3.8) is 0 Å². The van der Waals surface area contributed by atoms with Gasteiger partial charge in [-0.3, -0.25) is 4.79 Å². The first kappa shape index (κ1) is 14.8. The number of hydrogen-bond acceptors (Lipinski definition) is 2. The molecule has 0 spiro atoms. The molecular weight excluding hydrogens is 236 g/mol. The highest BCUT2D eigenvalue weighted by Crippen LogP contribution is 2.33. The summed E-state index contributed by atoms with van der Waals surface area (Å²) in [5.74, 6) is 2.06. The van der Waals surface area contributed by atoms with Crippen LogP contribution in [0.3, 0.4) is 0 Å². The topological polar surface area (TPSA) is 46.3 Å². The molecule has 3 nitrogen and oxygen atoms in total. The van der Waals surface area contributed by atoms with Crippen molar-refractivity contribution in [2.45, 2.75) is 58.3 Å². The van der Waals surface area contributed by atoms with E-state index in [-0.39, 0.29) is 5.92 Å². The fraction of sp³-hybridized carbons (Fsp3) is 0.938. The van der Waals surface area contributed by atoms with E-state index >= 15 is 0 Å². The molecular formula is C16H30N2O. The quantitative estimate of drug-likeness (QED) is 0.803. The maximum absolute atomic E-state index is 12.7. The Balaban J connectivity index is 1.88. The van der Waals surface area contributed by atoms with Crippen LogP contribution in [0.4, 0.5) is 0 Å². The third-order valence-corrected chi connectivity index (χ3v) is 5.01. The number of hydrogen-bond donors (Lipinski definition) is 1. The van der Waals surface area contributed by atoms with E-state index < -0.39 is 0 Å². The first-order valence-electron chi connectivity index (χ1n) is 8.23. The molecule has 2 unspecified atom stereocenters.